The number of rotatable bonds is 7. The highest BCUT2D eigenvalue weighted by atomic mass is 32.2. The van der Waals surface area contributed by atoms with Crippen LogP contribution in [0, 0.1) is 0 Å². The van der Waals surface area contributed by atoms with Gasteiger partial charge in [0.05, 0.1) is 5.75 Å². The van der Waals surface area contributed by atoms with Crippen LogP contribution in [0.1, 0.15) is 30.5 Å². The predicted molar refractivity (Wildman–Crippen MR) is 86.5 cm³/mol. The van der Waals surface area contributed by atoms with Crippen molar-refractivity contribution in [3.05, 3.63) is 71.8 Å². The van der Waals surface area contributed by atoms with E-state index in [4.69, 9.17) is 0 Å². The summed E-state index contributed by atoms with van der Waals surface area (Å²) in [5.74, 6) is 0.152. The zero-order valence-electron chi connectivity index (χ0n) is 12.2. The Morgan fingerprint density at radius 2 is 1.52 bits per heavy atom. The Kier molecular flexibility index (Phi) is 5.53. The van der Waals surface area contributed by atoms with E-state index in [9.17, 15) is 8.42 Å². The Hall–Kier alpha value is -1.65. The third-order valence-electron chi connectivity index (χ3n) is 3.38. The summed E-state index contributed by atoms with van der Waals surface area (Å²) >= 11 is 0. The van der Waals surface area contributed by atoms with Crippen molar-refractivity contribution in [3.63, 3.8) is 0 Å². The minimum absolute atomic E-state index is 0.152. The second-order valence-corrected chi connectivity index (χ2v) is 7.03. The van der Waals surface area contributed by atoms with Gasteiger partial charge in [-0.3, -0.25) is 0 Å². The summed E-state index contributed by atoms with van der Waals surface area (Å²) in [4.78, 5) is 0. The van der Waals surface area contributed by atoms with E-state index in [2.05, 4.69) is 4.72 Å². The maximum Gasteiger partial charge on any atom is 0.212 e. The molecule has 21 heavy (non-hydrogen) atoms. The summed E-state index contributed by atoms with van der Waals surface area (Å²) < 4.78 is 26.9. The lowest BCUT2D eigenvalue weighted by atomic mass is 10.1. The predicted octanol–water partition coefficient (Wildman–Crippen LogP) is 3.30. The number of aryl methyl sites for hydroxylation is 1. The monoisotopic (exact) mass is 303 g/mol. The van der Waals surface area contributed by atoms with Crippen LogP contribution in [0.4, 0.5) is 0 Å². The number of hydrogen-bond donors (Lipinski definition) is 1. The van der Waals surface area contributed by atoms with Crippen molar-refractivity contribution in [3.8, 4) is 0 Å². The molecule has 0 heterocycles. The molecule has 0 saturated carbocycles. The summed E-state index contributed by atoms with van der Waals surface area (Å²) in [7, 11) is -3.25. The average Bonchev–Trinajstić information content (AvgIpc) is 2.48. The first kappa shape index (κ1) is 15.7. The number of nitrogens with one attached hydrogen (secondary N) is 1. The number of benzene rings is 2. The van der Waals surface area contributed by atoms with Gasteiger partial charge in [-0.05, 0) is 30.9 Å². The van der Waals surface area contributed by atoms with Crippen molar-refractivity contribution in [2.24, 2.45) is 0 Å². The summed E-state index contributed by atoms with van der Waals surface area (Å²) in [5, 5.41) is 0. The van der Waals surface area contributed by atoms with Crippen LogP contribution in [-0.4, -0.2) is 14.2 Å². The summed E-state index contributed by atoms with van der Waals surface area (Å²) in [6.07, 6.45) is 1.41. The molecule has 0 aliphatic rings. The van der Waals surface area contributed by atoms with Crippen LogP contribution in [0.3, 0.4) is 0 Å². The molecule has 0 aliphatic heterocycles. The zero-order valence-corrected chi connectivity index (χ0v) is 13.0. The van der Waals surface area contributed by atoms with E-state index in [1.54, 1.807) is 0 Å². The van der Waals surface area contributed by atoms with Gasteiger partial charge in [-0.2, -0.15) is 0 Å². The SMILES string of the molecule is CC(NS(=O)(=O)CCCc1ccccc1)c1ccccc1. The Morgan fingerprint density at radius 1 is 0.952 bits per heavy atom. The highest BCUT2D eigenvalue weighted by molar-refractivity contribution is 7.89. The van der Waals surface area contributed by atoms with Gasteiger partial charge in [0.25, 0.3) is 0 Å². The molecule has 1 atom stereocenters. The van der Waals surface area contributed by atoms with Crippen LogP contribution < -0.4 is 4.72 Å². The standard InChI is InChI=1S/C17H21NO2S/c1-15(17-12-6-3-7-13-17)18-21(19,20)14-8-11-16-9-4-2-5-10-16/h2-7,9-10,12-13,15,18H,8,11,14H2,1H3. The topological polar surface area (TPSA) is 46.2 Å². The molecule has 1 unspecified atom stereocenters. The first-order valence-electron chi connectivity index (χ1n) is 7.16. The molecule has 1 N–H and O–H groups in total. The highest BCUT2D eigenvalue weighted by Crippen LogP contribution is 2.13. The van der Waals surface area contributed by atoms with Crippen LogP contribution >= 0.6 is 0 Å². The quantitative estimate of drug-likeness (QED) is 0.853. The molecule has 0 amide bonds. The van der Waals surface area contributed by atoms with Crippen molar-refractivity contribution in [2.45, 2.75) is 25.8 Å². The molecule has 0 aliphatic carbocycles. The lowest BCUT2D eigenvalue weighted by molar-refractivity contribution is 0.564. The van der Waals surface area contributed by atoms with Gasteiger partial charge in [-0.1, -0.05) is 60.7 Å². The lowest BCUT2D eigenvalue weighted by Gasteiger charge is -2.14. The Morgan fingerprint density at radius 3 is 2.14 bits per heavy atom. The van der Waals surface area contributed by atoms with Gasteiger partial charge in [0.1, 0.15) is 0 Å². The van der Waals surface area contributed by atoms with Crippen molar-refractivity contribution < 1.29 is 8.42 Å². The summed E-state index contributed by atoms with van der Waals surface area (Å²) in [5.41, 5.74) is 2.15. The molecule has 3 nitrogen and oxygen atoms in total. The van der Waals surface area contributed by atoms with Gasteiger partial charge in [-0.25, -0.2) is 13.1 Å². The van der Waals surface area contributed by atoms with Gasteiger partial charge < -0.3 is 0 Å². The largest absolute Gasteiger partial charge is 0.212 e. The van der Waals surface area contributed by atoms with E-state index in [0.29, 0.717) is 6.42 Å². The smallest absolute Gasteiger partial charge is 0.212 e. The molecule has 2 rings (SSSR count). The van der Waals surface area contributed by atoms with Gasteiger partial charge >= 0.3 is 0 Å². The molecule has 2 aromatic rings. The first-order valence-corrected chi connectivity index (χ1v) is 8.81. The molecular weight excluding hydrogens is 282 g/mol. The molecule has 2 aromatic carbocycles. The van der Waals surface area contributed by atoms with Crippen LogP contribution in [0.2, 0.25) is 0 Å². The van der Waals surface area contributed by atoms with Gasteiger partial charge in [0.2, 0.25) is 10.0 Å². The fraction of sp³-hybridized carbons (Fsp3) is 0.294. The van der Waals surface area contributed by atoms with E-state index >= 15 is 0 Å². The molecule has 112 valence electrons. The Balaban J connectivity index is 1.85. The van der Waals surface area contributed by atoms with Crippen LogP contribution in [0.25, 0.3) is 0 Å². The Labute approximate surface area is 127 Å². The minimum atomic E-state index is -3.25. The molecule has 0 bridgehead atoms. The molecule has 4 heteroatoms. The van der Waals surface area contributed by atoms with E-state index in [-0.39, 0.29) is 11.8 Å². The van der Waals surface area contributed by atoms with Crippen LogP contribution in [0.15, 0.2) is 60.7 Å². The second kappa shape index (κ2) is 7.38. The molecular formula is C17H21NO2S. The van der Waals surface area contributed by atoms with E-state index in [1.807, 2.05) is 67.6 Å². The van der Waals surface area contributed by atoms with E-state index < -0.39 is 10.0 Å². The molecule has 0 radical (unpaired) electrons. The molecule has 0 spiro atoms. The minimum Gasteiger partial charge on any atom is -0.212 e. The zero-order chi connectivity index (χ0) is 15.1. The normalized spacial score (nSPS) is 13.0. The fourth-order valence-electron chi connectivity index (χ4n) is 2.25. The van der Waals surface area contributed by atoms with Gasteiger partial charge in [-0.15, -0.1) is 0 Å². The maximum absolute atomic E-state index is 12.1. The van der Waals surface area contributed by atoms with Crippen molar-refractivity contribution in [1.82, 2.24) is 4.72 Å². The first-order chi connectivity index (χ1) is 10.1. The average molecular weight is 303 g/mol. The van der Waals surface area contributed by atoms with Crippen molar-refractivity contribution >= 4 is 10.0 Å². The molecule has 0 fully saturated rings. The maximum atomic E-state index is 12.1. The van der Waals surface area contributed by atoms with Crippen molar-refractivity contribution in [1.29, 1.82) is 0 Å². The third-order valence-corrected chi connectivity index (χ3v) is 4.92. The molecule has 0 aromatic heterocycles. The lowest BCUT2D eigenvalue weighted by Crippen LogP contribution is -2.29. The van der Waals surface area contributed by atoms with Gasteiger partial charge in [0, 0.05) is 6.04 Å². The van der Waals surface area contributed by atoms with E-state index in [0.717, 1.165) is 12.0 Å². The summed E-state index contributed by atoms with van der Waals surface area (Å²) in [6, 6.07) is 19.3. The third kappa shape index (κ3) is 5.33. The number of hydrogen-bond acceptors (Lipinski definition) is 2. The molecule has 0 saturated heterocycles. The van der Waals surface area contributed by atoms with Crippen LogP contribution in [-0.2, 0) is 16.4 Å². The second-order valence-electron chi connectivity index (χ2n) is 5.16. The number of sulfonamides is 1. The van der Waals surface area contributed by atoms with Crippen LogP contribution in [0.5, 0.6) is 0 Å². The van der Waals surface area contributed by atoms with Gasteiger partial charge in [0.15, 0.2) is 0 Å². The van der Waals surface area contributed by atoms with Crippen molar-refractivity contribution in [2.75, 3.05) is 5.75 Å². The fourth-order valence-corrected chi connectivity index (χ4v) is 3.57. The van der Waals surface area contributed by atoms with E-state index in [1.165, 1.54) is 5.56 Å². The Bertz CT molecular complexity index is 639. The highest BCUT2D eigenvalue weighted by Gasteiger charge is 2.15. The summed E-state index contributed by atoms with van der Waals surface area (Å²) in [6.45, 7) is 1.87.